The minimum Gasteiger partial charge on any atom is -0.342 e. The molecule has 1 unspecified atom stereocenters. The Morgan fingerprint density at radius 1 is 1.35 bits per heavy atom. The molecule has 2 heterocycles. The van der Waals surface area contributed by atoms with Crippen molar-refractivity contribution in [3.05, 3.63) is 35.4 Å². The zero-order valence-corrected chi connectivity index (χ0v) is 12.5. The summed E-state index contributed by atoms with van der Waals surface area (Å²) in [5.41, 5.74) is 2.75. The molecule has 0 saturated carbocycles. The van der Waals surface area contributed by atoms with Crippen LogP contribution in [0.3, 0.4) is 0 Å². The van der Waals surface area contributed by atoms with Gasteiger partial charge in [-0.25, -0.2) is 0 Å². The van der Waals surface area contributed by atoms with E-state index in [0.29, 0.717) is 5.91 Å². The Morgan fingerprint density at radius 2 is 2.15 bits per heavy atom. The van der Waals surface area contributed by atoms with Crippen molar-refractivity contribution in [3.8, 4) is 0 Å². The highest BCUT2D eigenvalue weighted by Gasteiger charge is 2.34. The van der Waals surface area contributed by atoms with Crippen LogP contribution in [0.25, 0.3) is 0 Å². The highest BCUT2D eigenvalue weighted by Crippen LogP contribution is 2.32. The molecule has 1 amide bonds. The maximum absolute atomic E-state index is 12.9. The van der Waals surface area contributed by atoms with Gasteiger partial charge in [0.2, 0.25) is 5.91 Å². The van der Waals surface area contributed by atoms with Crippen molar-refractivity contribution < 1.29 is 4.79 Å². The van der Waals surface area contributed by atoms with Crippen LogP contribution >= 0.6 is 0 Å². The Hall–Kier alpha value is -1.35. The van der Waals surface area contributed by atoms with E-state index in [4.69, 9.17) is 0 Å². The Labute approximate surface area is 121 Å². The maximum atomic E-state index is 12.9. The van der Waals surface area contributed by atoms with Crippen molar-refractivity contribution in [1.82, 2.24) is 10.2 Å². The predicted molar refractivity (Wildman–Crippen MR) is 80.5 cm³/mol. The quantitative estimate of drug-likeness (QED) is 0.852. The summed E-state index contributed by atoms with van der Waals surface area (Å²) in [6.45, 7) is 7.99. The average Bonchev–Trinajstić information content (AvgIpc) is 2.45. The lowest BCUT2D eigenvalue weighted by Crippen LogP contribution is -2.48. The first-order valence-electron chi connectivity index (χ1n) is 7.64. The molecule has 1 aromatic rings. The molecule has 0 bridgehead atoms. The molecule has 1 atom stereocenters. The van der Waals surface area contributed by atoms with Gasteiger partial charge in [0.05, 0.1) is 5.92 Å². The van der Waals surface area contributed by atoms with Gasteiger partial charge in [-0.05, 0) is 29.4 Å². The van der Waals surface area contributed by atoms with E-state index in [1.165, 1.54) is 17.5 Å². The SMILES string of the molecule is CC1(C)CCCN(C(=O)C2CNCc3ccccc32)C1. The lowest BCUT2D eigenvalue weighted by molar-refractivity contribution is -0.136. The first kappa shape index (κ1) is 13.6. The lowest BCUT2D eigenvalue weighted by Gasteiger charge is -2.40. The summed E-state index contributed by atoms with van der Waals surface area (Å²) in [4.78, 5) is 15.0. The number of benzene rings is 1. The Bertz CT molecular complexity index is 509. The number of likely N-dealkylation sites (tertiary alicyclic amines) is 1. The van der Waals surface area contributed by atoms with Crippen molar-refractivity contribution in [2.75, 3.05) is 19.6 Å². The van der Waals surface area contributed by atoms with Crippen LogP contribution in [0.2, 0.25) is 0 Å². The maximum Gasteiger partial charge on any atom is 0.231 e. The third-order valence-electron chi connectivity index (χ3n) is 4.60. The number of piperidine rings is 1. The summed E-state index contributed by atoms with van der Waals surface area (Å²) in [5.74, 6) is 0.297. The largest absolute Gasteiger partial charge is 0.342 e. The topological polar surface area (TPSA) is 32.3 Å². The summed E-state index contributed by atoms with van der Waals surface area (Å²) in [6, 6.07) is 8.34. The number of fused-ring (bicyclic) bond motifs is 1. The third kappa shape index (κ3) is 2.59. The van der Waals surface area contributed by atoms with Gasteiger partial charge in [0.25, 0.3) is 0 Å². The Balaban J connectivity index is 1.81. The zero-order chi connectivity index (χ0) is 14.2. The van der Waals surface area contributed by atoms with E-state index in [9.17, 15) is 4.79 Å². The molecular formula is C17H24N2O. The van der Waals surface area contributed by atoms with Crippen LogP contribution in [0.4, 0.5) is 0 Å². The average molecular weight is 272 g/mol. The number of hydrogen-bond acceptors (Lipinski definition) is 2. The molecule has 2 aliphatic heterocycles. The van der Waals surface area contributed by atoms with Crippen molar-refractivity contribution in [1.29, 1.82) is 0 Å². The van der Waals surface area contributed by atoms with Crippen molar-refractivity contribution in [3.63, 3.8) is 0 Å². The summed E-state index contributed by atoms with van der Waals surface area (Å²) in [5, 5.41) is 3.38. The molecule has 0 spiro atoms. The normalized spacial score (nSPS) is 25.1. The number of nitrogens with one attached hydrogen (secondary N) is 1. The van der Waals surface area contributed by atoms with Crippen molar-refractivity contribution >= 4 is 5.91 Å². The van der Waals surface area contributed by atoms with E-state index in [1.54, 1.807) is 0 Å². The number of rotatable bonds is 1. The van der Waals surface area contributed by atoms with Crippen LogP contribution in [-0.2, 0) is 11.3 Å². The van der Waals surface area contributed by atoms with Gasteiger partial charge in [-0.1, -0.05) is 38.1 Å². The van der Waals surface area contributed by atoms with Gasteiger partial charge in [-0.3, -0.25) is 4.79 Å². The fourth-order valence-corrected chi connectivity index (χ4v) is 3.55. The van der Waals surface area contributed by atoms with E-state index in [2.05, 4.69) is 42.3 Å². The fourth-order valence-electron chi connectivity index (χ4n) is 3.55. The summed E-state index contributed by atoms with van der Waals surface area (Å²) in [6.07, 6.45) is 2.34. The summed E-state index contributed by atoms with van der Waals surface area (Å²) in [7, 11) is 0. The van der Waals surface area contributed by atoms with Crippen LogP contribution in [0.15, 0.2) is 24.3 Å². The number of amides is 1. The van der Waals surface area contributed by atoms with Crippen LogP contribution in [0.5, 0.6) is 0 Å². The van der Waals surface area contributed by atoms with Gasteiger partial charge in [0.15, 0.2) is 0 Å². The van der Waals surface area contributed by atoms with Gasteiger partial charge >= 0.3 is 0 Å². The smallest absolute Gasteiger partial charge is 0.231 e. The van der Waals surface area contributed by atoms with Crippen LogP contribution < -0.4 is 5.32 Å². The van der Waals surface area contributed by atoms with Gasteiger partial charge in [-0.2, -0.15) is 0 Å². The van der Waals surface area contributed by atoms with E-state index < -0.39 is 0 Å². The number of carbonyl (C=O) groups is 1. The molecule has 0 aliphatic carbocycles. The second-order valence-corrected chi connectivity index (χ2v) is 6.91. The van der Waals surface area contributed by atoms with E-state index in [-0.39, 0.29) is 11.3 Å². The molecule has 108 valence electrons. The molecule has 0 radical (unpaired) electrons. The fraction of sp³-hybridized carbons (Fsp3) is 0.588. The highest BCUT2D eigenvalue weighted by atomic mass is 16.2. The molecule has 20 heavy (non-hydrogen) atoms. The molecule has 3 nitrogen and oxygen atoms in total. The molecule has 1 fully saturated rings. The van der Waals surface area contributed by atoms with E-state index in [1.807, 2.05) is 6.07 Å². The standard InChI is InChI=1S/C17H24N2O/c1-17(2)8-5-9-19(12-17)16(20)15-11-18-10-13-6-3-4-7-14(13)15/h3-4,6-7,15,18H,5,8-12H2,1-2H3. The molecule has 2 aliphatic rings. The van der Waals surface area contributed by atoms with Crippen LogP contribution in [0.1, 0.15) is 43.7 Å². The number of carbonyl (C=O) groups excluding carboxylic acids is 1. The van der Waals surface area contributed by atoms with E-state index >= 15 is 0 Å². The minimum absolute atomic E-state index is 0.00569. The van der Waals surface area contributed by atoms with Crippen LogP contribution in [0, 0.1) is 5.41 Å². The second kappa shape index (κ2) is 5.21. The number of nitrogens with zero attached hydrogens (tertiary/aromatic N) is 1. The number of hydrogen-bond donors (Lipinski definition) is 1. The van der Waals surface area contributed by atoms with Crippen molar-refractivity contribution in [2.45, 2.75) is 39.2 Å². The first-order valence-corrected chi connectivity index (χ1v) is 7.64. The Morgan fingerprint density at radius 3 is 2.95 bits per heavy atom. The first-order chi connectivity index (χ1) is 9.57. The molecule has 1 N–H and O–H groups in total. The van der Waals surface area contributed by atoms with Gasteiger partial charge in [0, 0.05) is 26.2 Å². The molecule has 1 aromatic carbocycles. The van der Waals surface area contributed by atoms with Gasteiger partial charge < -0.3 is 10.2 Å². The predicted octanol–water partition coefficient (Wildman–Crippen LogP) is 2.52. The lowest BCUT2D eigenvalue weighted by atomic mass is 9.82. The third-order valence-corrected chi connectivity index (χ3v) is 4.60. The minimum atomic E-state index is -0.00569. The summed E-state index contributed by atoms with van der Waals surface area (Å²) >= 11 is 0. The summed E-state index contributed by atoms with van der Waals surface area (Å²) < 4.78 is 0. The van der Waals surface area contributed by atoms with E-state index in [0.717, 1.165) is 32.6 Å². The monoisotopic (exact) mass is 272 g/mol. The zero-order valence-electron chi connectivity index (χ0n) is 12.5. The van der Waals surface area contributed by atoms with Crippen LogP contribution in [-0.4, -0.2) is 30.4 Å². The molecule has 0 aromatic heterocycles. The molecule has 1 saturated heterocycles. The molecular weight excluding hydrogens is 248 g/mol. The van der Waals surface area contributed by atoms with Gasteiger partial charge in [-0.15, -0.1) is 0 Å². The molecule has 3 heteroatoms. The Kier molecular flexibility index (Phi) is 3.55. The second-order valence-electron chi connectivity index (χ2n) is 6.91. The molecule has 3 rings (SSSR count). The highest BCUT2D eigenvalue weighted by molar-refractivity contribution is 5.85. The van der Waals surface area contributed by atoms with Crippen molar-refractivity contribution in [2.24, 2.45) is 5.41 Å². The van der Waals surface area contributed by atoms with Gasteiger partial charge in [0.1, 0.15) is 0 Å².